The molecule has 0 saturated carbocycles. The van der Waals surface area contributed by atoms with Crippen LogP contribution in [0.1, 0.15) is 0 Å². The fraction of sp³-hybridized carbons (Fsp3) is 0.235. The van der Waals surface area contributed by atoms with Crippen molar-refractivity contribution in [3.8, 4) is 21.8 Å². The number of thiophene rings is 1. The van der Waals surface area contributed by atoms with Gasteiger partial charge in [-0.1, -0.05) is 12.1 Å². The first-order valence-electron chi connectivity index (χ1n) is 7.56. The van der Waals surface area contributed by atoms with Crippen LogP contribution in [0.25, 0.3) is 21.8 Å². The average Bonchev–Trinajstić information content (AvgIpc) is 3.25. The lowest BCUT2D eigenvalue weighted by atomic mass is 10.1. The van der Waals surface area contributed by atoms with Crippen molar-refractivity contribution in [3.63, 3.8) is 0 Å². The molecule has 7 heteroatoms. The number of nitrogens with zero attached hydrogens (tertiary/aromatic N) is 3. The third-order valence-corrected chi connectivity index (χ3v) is 4.33. The number of pyridine rings is 1. The number of carbonyl (C=O) groups is 1. The molecule has 0 bridgehead atoms. The van der Waals surface area contributed by atoms with E-state index in [1.165, 1.54) is 7.11 Å². The second kappa shape index (κ2) is 7.85. The average molecular weight is 342 g/mol. The molecule has 3 aromatic rings. The Morgan fingerprint density at radius 1 is 1.33 bits per heavy atom. The maximum Gasteiger partial charge on any atom is 0.246 e. The highest BCUT2D eigenvalue weighted by molar-refractivity contribution is 7.13. The second-order valence-electron chi connectivity index (χ2n) is 5.11. The van der Waals surface area contributed by atoms with Crippen LogP contribution >= 0.6 is 11.3 Å². The molecule has 124 valence electrons. The zero-order valence-electron chi connectivity index (χ0n) is 13.3. The second-order valence-corrected chi connectivity index (χ2v) is 6.05. The molecule has 3 heterocycles. The number of ether oxygens (including phenoxy) is 1. The Morgan fingerprint density at radius 2 is 2.25 bits per heavy atom. The number of carbonyl (C=O) groups excluding carboxylic acids is 1. The lowest BCUT2D eigenvalue weighted by molar-refractivity contribution is -0.124. The van der Waals surface area contributed by atoms with Gasteiger partial charge in [0.05, 0.1) is 29.0 Å². The van der Waals surface area contributed by atoms with E-state index in [0.29, 0.717) is 13.1 Å². The van der Waals surface area contributed by atoms with Crippen molar-refractivity contribution in [2.24, 2.45) is 0 Å². The molecule has 0 fully saturated rings. The molecule has 6 nitrogen and oxygen atoms in total. The zero-order chi connectivity index (χ0) is 16.8. The molecule has 0 unspecified atom stereocenters. The fourth-order valence-corrected chi connectivity index (χ4v) is 3.21. The van der Waals surface area contributed by atoms with E-state index in [1.54, 1.807) is 17.5 Å². The molecule has 0 aliphatic heterocycles. The SMILES string of the molecule is COCC(=O)NCCn1ncc(-c2ccccn2)c1-c1cccs1. The molecule has 0 aliphatic carbocycles. The summed E-state index contributed by atoms with van der Waals surface area (Å²) in [4.78, 5) is 17.1. The Hall–Kier alpha value is -2.51. The molecular formula is C17H18N4O2S. The van der Waals surface area contributed by atoms with Crippen LogP contribution in [-0.2, 0) is 16.1 Å². The summed E-state index contributed by atoms with van der Waals surface area (Å²) in [5.74, 6) is -0.132. The van der Waals surface area contributed by atoms with Crippen LogP contribution in [0.15, 0.2) is 48.1 Å². The zero-order valence-corrected chi connectivity index (χ0v) is 14.1. The molecular weight excluding hydrogens is 324 g/mol. The van der Waals surface area contributed by atoms with Gasteiger partial charge in [0.2, 0.25) is 5.91 Å². The highest BCUT2D eigenvalue weighted by Gasteiger charge is 2.16. The van der Waals surface area contributed by atoms with Gasteiger partial charge < -0.3 is 10.1 Å². The van der Waals surface area contributed by atoms with Gasteiger partial charge in [-0.25, -0.2) is 0 Å². The van der Waals surface area contributed by atoms with Crippen LogP contribution in [0.5, 0.6) is 0 Å². The van der Waals surface area contributed by atoms with Crippen LogP contribution in [0.2, 0.25) is 0 Å². The van der Waals surface area contributed by atoms with Gasteiger partial charge >= 0.3 is 0 Å². The van der Waals surface area contributed by atoms with E-state index in [1.807, 2.05) is 40.5 Å². The Labute approximate surface area is 144 Å². The maximum absolute atomic E-state index is 11.5. The van der Waals surface area contributed by atoms with Crippen LogP contribution in [0.4, 0.5) is 0 Å². The van der Waals surface area contributed by atoms with E-state index in [0.717, 1.165) is 21.8 Å². The van der Waals surface area contributed by atoms with E-state index in [-0.39, 0.29) is 12.5 Å². The van der Waals surface area contributed by atoms with Gasteiger partial charge in [0.25, 0.3) is 0 Å². The topological polar surface area (TPSA) is 69.0 Å². The highest BCUT2D eigenvalue weighted by Crippen LogP contribution is 2.33. The molecule has 3 aromatic heterocycles. The minimum atomic E-state index is -0.132. The molecule has 0 spiro atoms. The van der Waals surface area contributed by atoms with Crippen molar-refractivity contribution < 1.29 is 9.53 Å². The predicted octanol–water partition coefficient (Wildman–Crippen LogP) is 2.44. The third-order valence-electron chi connectivity index (χ3n) is 3.46. The number of hydrogen-bond acceptors (Lipinski definition) is 5. The number of rotatable bonds is 7. The molecule has 1 amide bonds. The maximum atomic E-state index is 11.5. The minimum absolute atomic E-state index is 0.0655. The smallest absolute Gasteiger partial charge is 0.246 e. The van der Waals surface area contributed by atoms with Crippen LogP contribution in [-0.4, -0.2) is 40.9 Å². The van der Waals surface area contributed by atoms with Gasteiger partial charge in [-0.3, -0.25) is 14.5 Å². The third kappa shape index (κ3) is 3.69. The minimum Gasteiger partial charge on any atom is -0.375 e. The van der Waals surface area contributed by atoms with E-state index < -0.39 is 0 Å². The molecule has 1 N–H and O–H groups in total. The van der Waals surface area contributed by atoms with Crippen molar-refractivity contribution in [2.75, 3.05) is 20.3 Å². The Morgan fingerprint density at radius 3 is 2.96 bits per heavy atom. The summed E-state index contributed by atoms with van der Waals surface area (Å²) in [7, 11) is 1.50. The van der Waals surface area contributed by atoms with Gasteiger partial charge in [0, 0.05) is 25.4 Å². The highest BCUT2D eigenvalue weighted by atomic mass is 32.1. The lowest BCUT2D eigenvalue weighted by Crippen LogP contribution is -2.30. The summed E-state index contributed by atoms with van der Waals surface area (Å²) in [6.45, 7) is 1.13. The van der Waals surface area contributed by atoms with E-state index >= 15 is 0 Å². The van der Waals surface area contributed by atoms with Gasteiger partial charge in [0.1, 0.15) is 6.61 Å². The Bertz CT molecular complexity index is 784. The fourth-order valence-electron chi connectivity index (χ4n) is 2.42. The summed E-state index contributed by atoms with van der Waals surface area (Å²) >= 11 is 1.66. The van der Waals surface area contributed by atoms with Crippen molar-refractivity contribution >= 4 is 17.2 Å². The molecule has 0 aromatic carbocycles. The van der Waals surface area contributed by atoms with Gasteiger partial charge in [-0.15, -0.1) is 11.3 Å². The Kier molecular flexibility index (Phi) is 5.35. The molecule has 3 rings (SSSR count). The van der Waals surface area contributed by atoms with E-state index in [4.69, 9.17) is 4.74 Å². The van der Waals surface area contributed by atoms with Gasteiger partial charge in [0.15, 0.2) is 0 Å². The summed E-state index contributed by atoms with van der Waals surface area (Å²) in [6.07, 6.45) is 3.60. The first kappa shape index (κ1) is 16.4. The Balaban J connectivity index is 1.85. The largest absolute Gasteiger partial charge is 0.375 e. The summed E-state index contributed by atoms with van der Waals surface area (Å²) in [5, 5.41) is 9.35. The lowest BCUT2D eigenvalue weighted by Gasteiger charge is -2.09. The standard InChI is InChI=1S/C17H18N4O2S/c1-23-12-16(22)19-8-9-21-17(15-6-4-10-24-15)13(11-20-21)14-5-2-3-7-18-14/h2-7,10-11H,8-9,12H2,1H3,(H,19,22). The van der Waals surface area contributed by atoms with Gasteiger partial charge in [-0.2, -0.15) is 5.10 Å². The quantitative estimate of drug-likeness (QED) is 0.716. The first-order chi connectivity index (χ1) is 11.8. The van der Waals surface area contributed by atoms with Crippen LogP contribution in [0.3, 0.4) is 0 Å². The van der Waals surface area contributed by atoms with Crippen LogP contribution in [0, 0.1) is 0 Å². The number of methoxy groups -OCH3 is 1. The van der Waals surface area contributed by atoms with Crippen molar-refractivity contribution in [3.05, 3.63) is 48.1 Å². The number of hydrogen-bond donors (Lipinski definition) is 1. The number of aromatic nitrogens is 3. The van der Waals surface area contributed by atoms with Crippen molar-refractivity contribution in [1.29, 1.82) is 0 Å². The van der Waals surface area contributed by atoms with E-state index in [9.17, 15) is 4.79 Å². The normalized spacial score (nSPS) is 10.7. The van der Waals surface area contributed by atoms with Gasteiger partial charge in [-0.05, 0) is 23.6 Å². The molecule has 0 atom stereocenters. The van der Waals surface area contributed by atoms with Crippen molar-refractivity contribution in [1.82, 2.24) is 20.1 Å². The monoisotopic (exact) mass is 342 g/mol. The van der Waals surface area contributed by atoms with Crippen molar-refractivity contribution in [2.45, 2.75) is 6.54 Å². The molecule has 0 radical (unpaired) electrons. The summed E-state index contributed by atoms with van der Waals surface area (Å²) in [6, 6.07) is 9.90. The molecule has 0 aliphatic rings. The van der Waals surface area contributed by atoms with Crippen LogP contribution < -0.4 is 5.32 Å². The number of nitrogens with one attached hydrogen (secondary N) is 1. The predicted molar refractivity (Wildman–Crippen MR) is 93.7 cm³/mol. The number of amides is 1. The summed E-state index contributed by atoms with van der Waals surface area (Å²) < 4.78 is 6.72. The van der Waals surface area contributed by atoms with E-state index in [2.05, 4.69) is 21.5 Å². The summed E-state index contributed by atoms with van der Waals surface area (Å²) in [5.41, 5.74) is 2.89. The molecule has 24 heavy (non-hydrogen) atoms. The molecule has 0 saturated heterocycles. The first-order valence-corrected chi connectivity index (χ1v) is 8.44.